The van der Waals surface area contributed by atoms with Crippen LogP contribution in [-0.4, -0.2) is 50.7 Å². The van der Waals surface area contributed by atoms with Gasteiger partial charge in [-0.1, -0.05) is 18.2 Å². The molecule has 3 aromatic heterocycles. The summed E-state index contributed by atoms with van der Waals surface area (Å²) in [5.74, 6) is 0.926. The summed E-state index contributed by atoms with van der Waals surface area (Å²) in [6.45, 7) is 3.68. The van der Waals surface area contributed by atoms with E-state index in [4.69, 9.17) is 0 Å². The highest BCUT2D eigenvalue weighted by Gasteiger charge is 2.22. The number of aryl methyl sites for hydroxylation is 1. The molecule has 1 aliphatic heterocycles. The molecule has 0 N–H and O–H groups in total. The van der Waals surface area contributed by atoms with Crippen LogP contribution in [0.15, 0.2) is 49.2 Å². The zero-order valence-electron chi connectivity index (χ0n) is 14.6. The minimum absolute atomic E-state index is 0.873. The van der Waals surface area contributed by atoms with Crippen LogP contribution in [0.1, 0.15) is 0 Å². The standard InChI is InChI=1S/C19H19N7/c1-24-13-23-17-18(24)21-12-22-19(17)26-10-8-25(9-11-26)16-6-7-20-15-5-3-2-4-14(15)16/h2-7,12-13H,8-11H2,1H3. The third kappa shape index (κ3) is 2.35. The summed E-state index contributed by atoms with van der Waals surface area (Å²) in [4.78, 5) is 22.5. The third-order valence-corrected chi connectivity index (χ3v) is 5.02. The molecular formula is C19H19N7. The number of imidazole rings is 1. The van der Waals surface area contributed by atoms with Gasteiger partial charge in [0.1, 0.15) is 6.33 Å². The number of benzene rings is 1. The molecule has 1 aliphatic rings. The Labute approximate surface area is 150 Å². The fourth-order valence-electron chi connectivity index (χ4n) is 3.68. The number of nitrogens with zero attached hydrogens (tertiary/aromatic N) is 7. The maximum Gasteiger partial charge on any atom is 0.165 e. The van der Waals surface area contributed by atoms with E-state index in [0.717, 1.165) is 48.7 Å². The van der Waals surface area contributed by atoms with Crippen LogP contribution in [0.25, 0.3) is 22.1 Å². The molecule has 5 rings (SSSR count). The predicted octanol–water partition coefficient (Wildman–Crippen LogP) is 2.24. The van der Waals surface area contributed by atoms with E-state index in [9.17, 15) is 0 Å². The maximum absolute atomic E-state index is 4.50. The van der Waals surface area contributed by atoms with Crippen molar-refractivity contribution < 1.29 is 0 Å². The van der Waals surface area contributed by atoms with Gasteiger partial charge in [-0.2, -0.15) is 0 Å². The molecule has 7 nitrogen and oxygen atoms in total. The number of anilines is 2. The highest BCUT2D eigenvalue weighted by molar-refractivity contribution is 5.91. The normalized spacial score (nSPS) is 15.1. The van der Waals surface area contributed by atoms with Gasteiger partial charge in [-0.25, -0.2) is 15.0 Å². The lowest BCUT2D eigenvalue weighted by Gasteiger charge is -2.37. The van der Waals surface area contributed by atoms with Crippen molar-refractivity contribution in [3.8, 4) is 0 Å². The molecule has 0 aliphatic carbocycles. The van der Waals surface area contributed by atoms with Crippen LogP contribution >= 0.6 is 0 Å². The van der Waals surface area contributed by atoms with E-state index in [1.807, 2.05) is 23.9 Å². The number of para-hydroxylation sites is 1. The van der Waals surface area contributed by atoms with Gasteiger partial charge in [0, 0.05) is 50.5 Å². The molecule has 0 amide bonds. The van der Waals surface area contributed by atoms with Crippen molar-refractivity contribution in [2.75, 3.05) is 36.0 Å². The molecule has 4 aromatic rings. The predicted molar refractivity (Wildman–Crippen MR) is 102 cm³/mol. The molecule has 26 heavy (non-hydrogen) atoms. The Kier molecular flexibility index (Phi) is 3.44. The number of aromatic nitrogens is 5. The molecule has 1 fully saturated rings. The fraction of sp³-hybridized carbons (Fsp3) is 0.263. The van der Waals surface area contributed by atoms with E-state index >= 15 is 0 Å². The van der Waals surface area contributed by atoms with Gasteiger partial charge in [0.15, 0.2) is 17.0 Å². The summed E-state index contributed by atoms with van der Waals surface area (Å²) in [6.07, 6.45) is 5.32. The Morgan fingerprint density at radius 2 is 1.65 bits per heavy atom. The summed E-state index contributed by atoms with van der Waals surface area (Å²) in [7, 11) is 1.96. The molecule has 0 bridgehead atoms. The molecule has 1 aromatic carbocycles. The number of hydrogen-bond acceptors (Lipinski definition) is 6. The van der Waals surface area contributed by atoms with Gasteiger partial charge in [-0.05, 0) is 12.1 Å². The minimum Gasteiger partial charge on any atom is -0.367 e. The zero-order chi connectivity index (χ0) is 17.5. The Morgan fingerprint density at radius 1 is 0.846 bits per heavy atom. The van der Waals surface area contributed by atoms with Crippen LogP contribution in [0.3, 0.4) is 0 Å². The van der Waals surface area contributed by atoms with Gasteiger partial charge in [-0.15, -0.1) is 0 Å². The van der Waals surface area contributed by atoms with Crippen LogP contribution in [0, 0.1) is 0 Å². The lowest BCUT2D eigenvalue weighted by atomic mass is 10.1. The van der Waals surface area contributed by atoms with E-state index in [1.165, 1.54) is 11.1 Å². The second-order valence-corrected chi connectivity index (χ2v) is 6.55. The van der Waals surface area contributed by atoms with E-state index < -0.39 is 0 Å². The monoisotopic (exact) mass is 345 g/mol. The molecule has 0 atom stereocenters. The van der Waals surface area contributed by atoms with Gasteiger partial charge in [0.2, 0.25) is 0 Å². The highest BCUT2D eigenvalue weighted by Crippen LogP contribution is 2.28. The Balaban J connectivity index is 1.42. The van der Waals surface area contributed by atoms with Crippen LogP contribution in [0.2, 0.25) is 0 Å². The average molecular weight is 345 g/mol. The first kappa shape index (κ1) is 15.1. The summed E-state index contributed by atoms with van der Waals surface area (Å²) < 4.78 is 1.93. The lowest BCUT2D eigenvalue weighted by Crippen LogP contribution is -2.47. The number of hydrogen-bond donors (Lipinski definition) is 0. The second-order valence-electron chi connectivity index (χ2n) is 6.55. The highest BCUT2D eigenvalue weighted by atomic mass is 15.3. The van der Waals surface area contributed by atoms with Gasteiger partial charge in [0.25, 0.3) is 0 Å². The average Bonchev–Trinajstić information content (AvgIpc) is 3.09. The largest absolute Gasteiger partial charge is 0.367 e. The van der Waals surface area contributed by atoms with Crippen molar-refractivity contribution in [1.82, 2.24) is 24.5 Å². The Morgan fingerprint density at radius 3 is 2.54 bits per heavy atom. The van der Waals surface area contributed by atoms with E-state index in [2.05, 4.69) is 54.0 Å². The fourth-order valence-corrected chi connectivity index (χ4v) is 3.68. The lowest BCUT2D eigenvalue weighted by molar-refractivity contribution is 0.649. The van der Waals surface area contributed by atoms with Crippen LogP contribution in [0.4, 0.5) is 11.5 Å². The molecule has 1 saturated heterocycles. The number of pyridine rings is 1. The van der Waals surface area contributed by atoms with Gasteiger partial charge < -0.3 is 14.4 Å². The molecule has 0 spiro atoms. The van der Waals surface area contributed by atoms with Crippen LogP contribution in [-0.2, 0) is 7.05 Å². The number of rotatable bonds is 2. The first-order valence-corrected chi connectivity index (χ1v) is 8.77. The quantitative estimate of drug-likeness (QED) is 0.555. The Hall–Kier alpha value is -3.22. The van der Waals surface area contributed by atoms with E-state index in [0.29, 0.717) is 0 Å². The number of fused-ring (bicyclic) bond motifs is 2. The van der Waals surface area contributed by atoms with Crippen molar-refractivity contribution in [3.05, 3.63) is 49.2 Å². The summed E-state index contributed by atoms with van der Waals surface area (Å²) in [5, 5.41) is 1.21. The van der Waals surface area contributed by atoms with Crippen LogP contribution < -0.4 is 9.80 Å². The first-order chi connectivity index (χ1) is 12.8. The van der Waals surface area contributed by atoms with Crippen molar-refractivity contribution in [3.63, 3.8) is 0 Å². The van der Waals surface area contributed by atoms with E-state index in [1.54, 1.807) is 12.7 Å². The second kappa shape index (κ2) is 5.94. The van der Waals surface area contributed by atoms with Crippen molar-refractivity contribution >= 4 is 33.6 Å². The molecular weight excluding hydrogens is 326 g/mol. The molecule has 0 saturated carbocycles. The van der Waals surface area contributed by atoms with Crippen LogP contribution in [0.5, 0.6) is 0 Å². The van der Waals surface area contributed by atoms with E-state index in [-0.39, 0.29) is 0 Å². The molecule has 130 valence electrons. The Bertz CT molecular complexity index is 1070. The maximum atomic E-state index is 4.50. The van der Waals surface area contributed by atoms with Crippen molar-refractivity contribution in [2.24, 2.45) is 7.05 Å². The molecule has 0 radical (unpaired) electrons. The van der Waals surface area contributed by atoms with Crippen molar-refractivity contribution in [1.29, 1.82) is 0 Å². The number of piperazine rings is 1. The molecule has 4 heterocycles. The third-order valence-electron chi connectivity index (χ3n) is 5.02. The van der Waals surface area contributed by atoms with Gasteiger partial charge in [0.05, 0.1) is 11.8 Å². The summed E-state index contributed by atoms with van der Waals surface area (Å²) in [5.41, 5.74) is 4.04. The molecule has 7 heteroatoms. The summed E-state index contributed by atoms with van der Waals surface area (Å²) >= 11 is 0. The van der Waals surface area contributed by atoms with Gasteiger partial charge in [-0.3, -0.25) is 4.98 Å². The van der Waals surface area contributed by atoms with Gasteiger partial charge >= 0.3 is 0 Å². The first-order valence-electron chi connectivity index (χ1n) is 8.77. The summed E-state index contributed by atoms with van der Waals surface area (Å²) in [6, 6.07) is 10.4. The SMILES string of the molecule is Cn1cnc2c(N3CCN(c4ccnc5ccccc45)CC3)ncnc21. The topological polar surface area (TPSA) is 63.0 Å². The zero-order valence-corrected chi connectivity index (χ0v) is 14.6. The minimum atomic E-state index is 0.873. The molecule has 0 unspecified atom stereocenters. The smallest absolute Gasteiger partial charge is 0.165 e. The van der Waals surface area contributed by atoms with Crippen molar-refractivity contribution in [2.45, 2.75) is 0 Å².